The van der Waals surface area contributed by atoms with Gasteiger partial charge in [0, 0.05) is 17.7 Å². The second-order valence-corrected chi connectivity index (χ2v) is 4.79. The van der Waals surface area contributed by atoms with Crippen LogP contribution in [0.5, 0.6) is 5.75 Å². The van der Waals surface area contributed by atoms with E-state index in [9.17, 15) is 20.3 Å². The van der Waals surface area contributed by atoms with E-state index in [0.717, 1.165) is 0 Å². The zero-order chi connectivity index (χ0) is 14.6. The van der Waals surface area contributed by atoms with Gasteiger partial charge in [0.25, 0.3) is 5.69 Å². The van der Waals surface area contributed by atoms with E-state index in [-0.39, 0.29) is 12.3 Å². The van der Waals surface area contributed by atoms with E-state index in [1.54, 1.807) is 6.92 Å². The summed E-state index contributed by atoms with van der Waals surface area (Å²) in [4.78, 5) is 10.2. The zero-order valence-corrected chi connectivity index (χ0v) is 11.3. The minimum absolute atomic E-state index is 0.0566. The molecule has 0 saturated heterocycles. The van der Waals surface area contributed by atoms with E-state index in [1.165, 1.54) is 25.1 Å². The number of non-ortho nitro benzene ring substituents is 1. The predicted molar refractivity (Wildman–Crippen MR) is 70.1 cm³/mol. The number of nitrogens with zero attached hydrogens (tertiary/aromatic N) is 1. The third-order valence-corrected chi connectivity index (χ3v) is 2.95. The second kappa shape index (κ2) is 5.99. The highest BCUT2D eigenvalue weighted by Crippen LogP contribution is 2.30. The summed E-state index contributed by atoms with van der Waals surface area (Å²) in [5.74, 6) is 0.342. The summed E-state index contributed by atoms with van der Waals surface area (Å²) in [6, 6.07) is 4.02. The number of hydrogen-bond acceptors (Lipinski definition) is 5. The molecule has 19 heavy (non-hydrogen) atoms. The van der Waals surface area contributed by atoms with Gasteiger partial charge >= 0.3 is 0 Å². The van der Waals surface area contributed by atoms with Gasteiger partial charge in [-0.15, -0.1) is 0 Å². The van der Waals surface area contributed by atoms with Crippen LogP contribution >= 0.6 is 0 Å². The molecule has 1 aromatic rings. The molecular formula is C13H19NO5. The molecule has 0 radical (unpaired) electrons. The van der Waals surface area contributed by atoms with Crippen LogP contribution < -0.4 is 4.74 Å². The molecule has 0 amide bonds. The highest BCUT2D eigenvalue weighted by molar-refractivity contribution is 5.44. The lowest BCUT2D eigenvalue weighted by Crippen LogP contribution is -2.31. The van der Waals surface area contributed by atoms with E-state index in [1.807, 2.05) is 6.92 Å². The van der Waals surface area contributed by atoms with Gasteiger partial charge in [0.15, 0.2) is 0 Å². The first-order valence-electron chi connectivity index (χ1n) is 6.08. The summed E-state index contributed by atoms with van der Waals surface area (Å²) in [5.41, 5.74) is -0.746. The monoisotopic (exact) mass is 269 g/mol. The Bertz CT molecular complexity index is 456. The molecule has 106 valence electrons. The molecule has 0 aliphatic carbocycles. The number of nitro benzene ring substituents is 1. The molecule has 0 aliphatic rings. The van der Waals surface area contributed by atoms with Crippen LogP contribution in [-0.2, 0) is 0 Å². The van der Waals surface area contributed by atoms with Gasteiger partial charge < -0.3 is 14.9 Å². The third-order valence-electron chi connectivity index (χ3n) is 2.95. The van der Waals surface area contributed by atoms with Crippen LogP contribution in [0, 0.1) is 10.1 Å². The van der Waals surface area contributed by atoms with Crippen molar-refractivity contribution in [2.45, 2.75) is 38.9 Å². The van der Waals surface area contributed by atoms with Crippen LogP contribution in [0.25, 0.3) is 0 Å². The molecule has 1 rings (SSSR count). The maximum absolute atomic E-state index is 10.7. The lowest BCUT2D eigenvalue weighted by Gasteiger charge is -2.22. The van der Waals surface area contributed by atoms with Crippen LogP contribution in [0.15, 0.2) is 18.2 Å². The van der Waals surface area contributed by atoms with E-state index >= 15 is 0 Å². The molecule has 1 aromatic carbocycles. The Labute approximate surface area is 111 Å². The van der Waals surface area contributed by atoms with Crippen LogP contribution in [0.1, 0.15) is 38.9 Å². The Kier molecular flexibility index (Phi) is 4.85. The van der Waals surface area contributed by atoms with Crippen molar-refractivity contribution in [3.63, 3.8) is 0 Å². The van der Waals surface area contributed by atoms with Crippen molar-refractivity contribution in [2.24, 2.45) is 0 Å². The van der Waals surface area contributed by atoms with Gasteiger partial charge in [0.2, 0.25) is 0 Å². The third kappa shape index (κ3) is 4.18. The number of aliphatic hydroxyl groups is 2. The van der Waals surface area contributed by atoms with Gasteiger partial charge in [-0.2, -0.15) is 0 Å². The average molecular weight is 269 g/mol. The first-order chi connectivity index (χ1) is 8.76. The smallest absolute Gasteiger partial charge is 0.270 e. The fraction of sp³-hybridized carbons (Fsp3) is 0.538. The molecule has 1 unspecified atom stereocenters. The number of nitro groups is 1. The van der Waals surface area contributed by atoms with Crippen molar-refractivity contribution in [1.82, 2.24) is 0 Å². The van der Waals surface area contributed by atoms with E-state index in [0.29, 0.717) is 17.7 Å². The van der Waals surface area contributed by atoms with Crippen molar-refractivity contribution in [1.29, 1.82) is 0 Å². The summed E-state index contributed by atoms with van der Waals surface area (Å²) in [5, 5.41) is 30.2. The molecule has 0 spiro atoms. The largest absolute Gasteiger partial charge is 0.490 e. The van der Waals surface area contributed by atoms with E-state index in [2.05, 4.69) is 0 Å². The van der Waals surface area contributed by atoms with Crippen LogP contribution in [-0.4, -0.2) is 27.3 Å². The summed E-state index contributed by atoms with van der Waals surface area (Å²) < 4.78 is 5.46. The van der Waals surface area contributed by atoms with Crippen molar-refractivity contribution in [2.75, 3.05) is 6.61 Å². The highest BCUT2D eigenvalue weighted by atomic mass is 16.6. The summed E-state index contributed by atoms with van der Waals surface area (Å²) >= 11 is 0. The highest BCUT2D eigenvalue weighted by Gasteiger charge is 2.21. The van der Waals surface area contributed by atoms with Crippen LogP contribution in [0.2, 0.25) is 0 Å². The SMILES string of the molecule is CCC(C)(O)COc1ccc([N+](=O)[O-])cc1[C@H](C)O. The number of benzene rings is 1. The number of rotatable bonds is 6. The van der Waals surface area contributed by atoms with Crippen LogP contribution in [0.4, 0.5) is 5.69 Å². The quantitative estimate of drug-likeness (QED) is 0.610. The molecule has 0 fully saturated rings. The Morgan fingerprint density at radius 3 is 2.63 bits per heavy atom. The van der Waals surface area contributed by atoms with Crippen molar-refractivity contribution in [3.8, 4) is 5.75 Å². The van der Waals surface area contributed by atoms with E-state index in [4.69, 9.17) is 4.74 Å². The molecule has 0 aliphatic heterocycles. The maximum atomic E-state index is 10.7. The second-order valence-electron chi connectivity index (χ2n) is 4.79. The van der Waals surface area contributed by atoms with Gasteiger partial charge in [-0.3, -0.25) is 10.1 Å². The van der Waals surface area contributed by atoms with Gasteiger partial charge in [-0.05, 0) is 26.3 Å². The Balaban J connectivity index is 2.97. The lowest BCUT2D eigenvalue weighted by molar-refractivity contribution is -0.385. The van der Waals surface area contributed by atoms with Crippen LogP contribution in [0.3, 0.4) is 0 Å². The van der Waals surface area contributed by atoms with Crippen molar-refractivity contribution in [3.05, 3.63) is 33.9 Å². The minimum atomic E-state index is -0.974. The molecule has 0 heterocycles. The number of aliphatic hydroxyl groups excluding tert-OH is 1. The molecule has 6 heteroatoms. The van der Waals surface area contributed by atoms with Crippen molar-refractivity contribution < 1.29 is 19.9 Å². The summed E-state index contributed by atoms with van der Waals surface area (Å²) in [6.07, 6.45) is -0.370. The fourth-order valence-corrected chi connectivity index (χ4v) is 1.44. The molecule has 0 bridgehead atoms. The molecule has 2 atom stereocenters. The van der Waals surface area contributed by atoms with Gasteiger partial charge in [-0.1, -0.05) is 6.92 Å². The summed E-state index contributed by atoms with van der Waals surface area (Å²) in [6.45, 7) is 5.03. The predicted octanol–water partition coefficient (Wildman–Crippen LogP) is 2.19. The van der Waals surface area contributed by atoms with Crippen molar-refractivity contribution >= 4 is 5.69 Å². The fourth-order valence-electron chi connectivity index (χ4n) is 1.44. The van der Waals surface area contributed by atoms with E-state index < -0.39 is 16.6 Å². The Hall–Kier alpha value is -1.66. The zero-order valence-electron chi connectivity index (χ0n) is 11.3. The molecule has 0 aromatic heterocycles. The average Bonchev–Trinajstić information content (AvgIpc) is 2.36. The van der Waals surface area contributed by atoms with Gasteiger partial charge in [-0.25, -0.2) is 0 Å². The number of hydrogen-bond donors (Lipinski definition) is 2. The van der Waals surface area contributed by atoms with Gasteiger partial charge in [0.1, 0.15) is 12.4 Å². The Morgan fingerprint density at radius 2 is 2.16 bits per heavy atom. The first kappa shape index (κ1) is 15.4. The normalized spacial score (nSPS) is 15.6. The Morgan fingerprint density at radius 1 is 1.53 bits per heavy atom. The first-order valence-corrected chi connectivity index (χ1v) is 6.08. The molecular weight excluding hydrogens is 250 g/mol. The summed E-state index contributed by atoms with van der Waals surface area (Å²) in [7, 11) is 0. The molecule has 2 N–H and O–H groups in total. The maximum Gasteiger partial charge on any atom is 0.270 e. The minimum Gasteiger partial charge on any atom is -0.490 e. The lowest BCUT2D eigenvalue weighted by atomic mass is 10.1. The topological polar surface area (TPSA) is 92.8 Å². The standard InChI is InChI=1S/C13H19NO5/c1-4-13(3,16)8-19-12-6-5-10(14(17)18)7-11(12)9(2)15/h5-7,9,15-16H,4,8H2,1-3H3/t9-,13?/m0/s1. The molecule has 0 saturated carbocycles. The van der Waals surface area contributed by atoms with Gasteiger partial charge in [0.05, 0.1) is 16.6 Å². The molecule has 6 nitrogen and oxygen atoms in total. The number of ether oxygens (including phenoxy) is 1.